The van der Waals surface area contributed by atoms with Crippen LogP contribution in [0.25, 0.3) is 0 Å². The van der Waals surface area contributed by atoms with Crippen LogP contribution in [-0.4, -0.2) is 0 Å². The minimum atomic E-state index is 1.29. The van der Waals surface area contributed by atoms with Crippen LogP contribution in [0.4, 0.5) is 0 Å². The van der Waals surface area contributed by atoms with E-state index in [0.717, 1.165) is 0 Å². The van der Waals surface area contributed by atoms with Gasteiger partial charge in [0.05, 0.1) is 0 Å². The molecule has 0 spiro atoms. The van der Waals surface area contributed by atoms with Crippen LogP contribution in [0.3, 0.4) is 0 Å². The second-order valence-electron chi connectivity index (χ2n) is 12.9. The molecule has 0 aliphatic rings. The summed E-state index contributed by atoms with van der Waals surface area (Å²) in [4.78, 5) is 0. The van der Waals surface area contributed by atoms with Crippen molar-refractivity contribution in [2.45, 2.75) is 232 Å². The fourth-order valence-electron chi connectivity index (χ4n) is 5.97. The zero-order chi connectivity index (χ0) is 27.6. The van der Waals surface area contributed by atoms with E-state index in [0.29, 0.717) is 0 Å². The van der Waals surface area contributed by atoms with Crippen molar-refractivity contribution in [1.82, 2.24) is 0 Å². The molecular weight excluding hydrogens is 456 g/mol. The van der Waals surface area contributed by atoms with Gasteiger partial charge >= 0.3 is 0 Å². The number of rotatable bonds is 34. The number of hydrogen-bond donors (Lipinski definition) is 0. The molecule has 0 aliphatic carbocycles. The summed E-state index contributed by atoms with van der Waals surface area (Å²) < 4.78 is 0. The van der Waals surface area contributed by atoms with E-state index in [4.69, 9.17) is 0 Å². The maximum Gasteiger partial charge on any atom is -0.0323 e. The van der Waals surface area contributed by atoms with Gasteiger partial charge < -0.3 is 0 Å². The van der Waals surface area contributed by atoms with Gasteiger partial charge in [0, 0.05) is 0 Å². The molecule has 228 valence electrons. The van der Waals surface area contributed by atoms with Gasteiger partial charge in [0.25, 0.3) is 0 Å². The highest BCUT2D eigenvalue weighted by molar-refractivity contribution is 4.93. The van der Waals surface area contributed by atoms with Crippen LogP contribution in [-0.2, 0) is 0 Å². The molecule has 0 atom stereocenters. The molecule has 0 unspecified atom stereocenters. The molecule has 0 rings (SSSR count). The van der Waals surface area contributed by atoms with Crippen LogP contribution < -0.4 is 0 Å². The molecule has 0 N–H and O–H groups in total. The Labute approximate surface area is 244 Å². The summed E-state index contributed by atoms with van der Waals surface area (Å²) in [6, 6.07) is 0. The largest absolute Gasteiger partial charge is 0.0999 e. The third kappa shape index (κ3) is 33.8. The Kier molecular flexibility index (Phi) is 34.5. The van der Waals surface area contributed by atoms with Crippen LogP contribution >= 0.6 is 0 Å². The minimum absolute atomic E-state index is 1.29. The second kappa shape index (κ2) is 34.8. The average Bonchev–Trinajstić information content (AvgIpc) is 2.92. The Morgan fingerprint density at radius 3 is 0.605 bits per heavy atom. The van der Waals surface area contributed by atoms with Gasteiger partial charge in [-0.25, -0.2) is 0 Å². The zero-order valence-corrected chi connectivity index (χ0v) is 27.2. The summed E-state index contributed by atoms with van der Waals surface area (Å²) in [7, 11) is 0. The molecule has 0 fully saturated rings. The Hall–Kier alpha value is -0.260. The summed E-state index contributed by atoms with van der Waals surface area (Å²) in [5.41, 5.74) is 1.53. The molecule has 0 aromatic rings. The van der Waals surface area contributed by atoms with Gasteiger partial charge in [-0.05, 0) is 25.7 Å². The molecule has 0 aromatic carbocycles. The normalized spacial score (nSPS) is 11.4. The van der Waals surface area contributed by atoms with E-state index in [1.165, 1.54) is 224 Å². The van der Waals surface area contributed by atoms with Crippen LogP contribution in [0.1, 0.15) is 232 Å². The maximum absolute atomic E-state index is 4.37. The van der Waals surface area contributed by atoms with Gasteiger partial charge in [0.1, 0.15) is 0 Å². The molecule has 0 aliphatic heterocycles. The molecule has 38 heavy (non-hydrogen) atoms. The maximum atomic E-state index is 4.37. The van der Waals surface area contributed by atoms with E-state index in [1.54, 1.807) is 0 Å². The highest BCUT2D eigenvalue weighted by Crippen LogP contribution is 2.19. The molecule has 0 radical (unpaired) electrons. The summed E-state index contributed by atoms with van der Waals surface area (Å²) in [6.45, 7) is 8.98. The predicted molar refractivity (Wildman–Crippen MR) is 177 cm³/mol. The highest BCUT2D eigenvalue weighted by atomic mass is 14.1. The van der Waals surface area contributed by atoms with Gasteiger partial charge in [-0.15, -0.1) is 0 Å². The molecule has 0 amide bonds. The molecular formula is C38H76. The first-order valence-corrected chi connectivity index (χ1v) is 18.5. The minimum Gasteiger partial charge on any atom is -0.0999 e. The van der Waals surface area contributed by atoms with Crippen LogP contribution in [0, 0.1) is 0 Å². The first-order chi connectivity index (χ1) is 18.8. The Bertz CT molecular complexity index is 384. The molecule has 0 bridgehead atoms. The summed E-state index contributed by atoms with van der Waals surface area (Å²) in [6.07, 6.45) is 49.2. The Morgan fingerprint density at radius 1 is 0.263 bits per heavy atom. The fourth-order valence-corrected chi connectivity index (χ4v) is 5.97. The van der Waals surface area contributed by atoms with Crippen molar-refractivity contribution in [3.63, 3.8) is 0 Å². The Balaban J connectivity index is 3.14. The third-order valence-corrected chi connectivity index (χ3v) is 8.77. The standard InChI is InChI=1S/C38H76/c1-4-6-8-10-12-14-16-18-20-22-24-26-28-30-32-34-36-38(3)37-35-33-31-29-27-25-23-21-19-17-15-13-11-9-7-5-2/h3-37H2,1-2H3. The van der Waals surface area contributed by atoms with Crippen molar-refractivity contribution < 1.29 is 0 Å². The van der Waals surface area contributed by atoms with Crippen LogP contribution in [0.2, 0.25) is 0 Å². The van der Waals surface area contributed by atoms with Crippen molar-refractivity contribution in [1.29, 1.82) is 0 Å². The molecule has 0 saturated heterocycles. The van der Waals surface area contributed by atoms with Crippen molar-refractivity contribution in [3.05, 3.63) is 12.2 Å². The van der Waals surface area contributed by atoms with E-state index in [-0.39, 0.29) is 0 Å². The third-order valence-electron chi connectivity index (χ3n) is 8.77. The zero-order valence-electron chi connectivity index (χ0n) is 27.2. The van der Waals surface area contributed by atoms with Crippen molar-refractivity contribution in [2.24, 2.45) is 0 Å². The first kappa shape index (κ1) is 37.7. The van der Waals surface area contributed by atoms with E-state index < -0.39 is 0 Å². The smallest absolute Gasteiger partial charge is 0.0323 e. The van der Waals surface area contributed by atoms with Gasteiger partial charge in [-0.3, -0.25) is 0 Å². The number of unbranched alkanes of at least 4 members (excludes halogenated alkanes) is 30. The first-order valence-electron chi connectivity index (χ1n) is 18.5. The van der Waals surface area contributed by atoms with Crippen molar-refractivity contribution in [3.8, 4) is 0 Å². The van der Waals surface area contributed by atoms with Crippen molar-refractivity contribution >= 4 is 0 Å². The van der Waals surface area contributed by atoms with Gasteiger partial charge in [0.15, 0.2) is 0 Å². The van der Waals surface area contributed by atoms with Crippen LogP contribution in [0.15, 0.2) is 12.2 Å². The summed E-state index contributed by atoms with van der Waals surface area (Å²) in [5, 5.41) is 0. The lowest BCUT2D eigenvalue weighted by Gasteiger charge is -2.07. The van der Waals surface area contributed by atoms with Gasteiger partial charge in [-0.1, -0.05) is 219 Å². The topological polar surface area (TPSA) is 0 Å². The lowest BCUT2D eigenvalue weighted by Crippen LogP contribution is -1.87. The van der Waals surface area contributed by atoms with E-state index in [1.807, 2.05) is 0 Å². The fraction of sp³-hybridized carbons (Fsp3) is 0.947. The highest BCUT2D eigenvalue weighted by Gasteiger charge is 1.99. The van der Waals surface area contributed by atoms with Gasteiger partial charge in [-0.2, -0.15) is 0 Å². The average molecular weight is 533 g/mol. The van der Waals surface area contributed by atoms with Gasteiger partial charge in [0.2, 0.25) is 0 Å². The van der Waals surface area contributed by atoms with E-state index >= 15 is 0 Å². The summed E-state index contributed by atoms with van der Waals surface area (Å²) >= 11 is 0. The monoisotopic (exact) mass is 533 g/mol. The van der Waals surface area contributed by atoms with Crippen LogP contribution in [0.5, 0.6) is 0 Å². The van der Waals surface area contributed by atoms with E-state index in [2.05, 4.69) is 20.4 Å². The molecule has 0 heteroatoms. The number of allylic oxidation sites excluding steroid dienone is 1. The van der Waals surface area contributed by atoms with Crippen molar-refractivity contribution in [2.75, 3.05) is 0 Å². The molecule has 0 nitrogen and oxygen atoms in total. The summed E-state index contributed by atoms with van der Waals surface area (Å²) in [5.74, 6) is 0. The lowest BCUT2D eigenvalue weighted by molar-refractivity contribution is 0.526. The quantitative estimate of drug-likeness (QED) is 0.0571. The molecule has 0 heterocycles. The van der Waals surface area contributed by atoms with E-state index in [9.17, 15) is 0 Å². The number of hydrogen-bond acceptors (Lipinski definition) is 0. The predicted octanol–water partition coefficient (Wildman–Crippen LogP) is 14.8. The Morgan fingerprint density at radius 2 is 0.421 bits per heavy atom. The molecule has 0 saturated carbocycles. The second-order valence-corrected chi connectivity index (χ2v) is 12.9. The molecule has 0 aromatic heterocycles. The lowest BCUT2D eigenvalue weighted by atomic mass is 10.00. The SMILES string of the molecule is C=C(CCCCCCCCCCCCCCCCCC)CCCCCCCCCCCCCCCCCC.